The average molecular weight is 271 g/mol. The van der Waals surface area contributed by atoms with Gasteiger partial charge in [0.1, 0.15) is 6.54 Å². The van der Waals surface area contributed by atoms with E-state index in [1.807, 2.05) is 0 Å². The Morgan fingerprint density at radius 3 is 2.11 bits per heavy atom. The molecule has 0 spiro atoms. The SMILES string of the molecule is CC(C)(C)N(CC(=O)O)S(=O)(=O)c1ccccc1. The van der Waals surface area contributed by atoms with Crippen molar-refractivity contribution < 1.29 is 18.3 Å². The van der Waals surface area contributed by atoms with Gasteiger partial charge < -0.3 is 5.11 Å². The van der Waals surface area contributed by atoms with Crippen molar-refractivity contribution in [1.82, 2.24) is 4.31 Å². The van der Waals surface area contributed by atoms with Crippen LogP contribution >= 0.6 is 0 Å². The van der Waals surface area contributed by atoms with Crippen LogP contribution in [0.5, 0.6) is 0 Å². The van der Waals surface area contributed by atoms with Crippen LogP contribution in [0.15, 0.2) is 35.2 Å². The van der Waals surface area contributed by atoms with Crippen LogP contribution in [0.2, 0.25) is 0 Å². The Morgan fingerprint density at radius 2 is 1.72 bits per heavy atom. The number of rotatable bonds is 4. The second-order valence-corrected chi connectivity index (χ2v) is 6.75. The van der Waals surface area contributed by atoms with Crippen molar-refractivity contribution in [3.63, 3.8) is 0 Å². The van der Waals surface area contributed by atoms with Gasteiger partial charge in [-0.15, -0.1) is 0 Å². The Bertz CT molecular complexity index is 517. The molecule has 18 heavy (non-hydrogen) atoms. The number of sulfonamides is 1. The van der Waals surface area contributed by atoms with Gasteiger partial charge in [0, 0.05) is 5.54 Å². The van der Waals surface area contributed by atoms with Crippen molar-refractivity contribution in [2.24, 2.45) is 0 Å². The molecule has 0 fully saturated rings. The molecule has 5 nitrogen and oxygen atoms in total. The van der Waals surface area contributed by atoms with E-state index in [2.05, 4.69) is 0 Å². The molecular weight excluding hydrogens is 254 g/mol. The lowest BCUT2D eigenvalue weighted by molar-refractivity contribution is -0.138. The second-order valence-electron chi connectivity index (χ2n) is 4.89. The fraction of sp³-hybridized carbons (Fsp3) is 0.417. The highest BCUT2D eigenvalue weighted by Crippen LogP contribution is 2.23. The normalized spacial score (nSPS) is 12.7. The summed E-state index contributed by atoms with van der Waals surface area (Å²) in [4.78, 5) is 10.9. The summed E-state index contributed by atoms with van der Waals surface area (Å²) < 4.78 is 25.7. The summed E-state index contributed by atoms with van der Waals surface area (Å²) in [5.41, 5.74) is -0.799. The van der Waals surface area contributed by atoms with Gasteiger partial charge in [-0.3, -0.25) is 4.79 Å². The highest BCUT2D eigenvalue weighted by Gasteiger charge is 2.35. The molecule has 0 amide bonds. The van der Waals surface area contributed by atoms with Crippen LogP contribution in [-0.2, 0) is 14.8 Å². The van der Waals surface area contributed by atoms with E-state index in [0.717, 1.165) is 4.31 Å². The first kappa shape index (κ1) is 14.7. The minimum absolute atomic E-state index is 0.0983. The van der Waals surface area contributed by atoms with Crippen LogP contribution in [-0.4, -0.2) is 35.9 Å². The molecule has 1 aromatic rings. The third-order valence-corrected chi connectivity index (χ3v) is 4.48. The second kappa shape index (κ2) is 5.07. The predicted molar refractivity (Wildman–Crippen MR) is 67.7 cm³/mol. The summed E-state index contributed by atoms with van der Waals surface area (Å²) >= 11 is 0. The summed E-state index contributed by atoms with van der Waals surface area (Å²) in [7, 11) is -3.80. The molecule has 0 saturated carbocycles. The minimum atomic E-state index is -3.80. The largest absolute Gasteiger partial charge is 0.480 e. The fourth-order valence-electron chi connectivity index (χ4n) is 1.53. The molecule has 100 valence electrons. The van der Waals surface area contributed by atoms with E-state index in [0.29, 0.717) is 0 Å². The lowest BCUT2D eigenvalue weighted by Crippen LogP contribution is -2.48. The van der Waals surface area contributed by atoms with E-state index < -0.39 is 28.1 Å². The average Bonchev–Trinajstić information content (AvgIpc) is 2.25. The van der Waals surface area contributed by atoms with Crippen LogP contribution in [0, 0.1) is 0 Å². The summed E-state index contributed by atoms with van der Waals surface area (Å²) in [5, 5.41) is 8.85. The van der Waals surface area contributed by atoms with Gasteiger partial charge in [0.05, 0.1) is 4.90 Å². The van der Waals surface area contributed by atoms with E-state index in [9.17, 15) is 13.2 Å². The minimum Gasteiger partial charge on any atom is -0.480 e. The third kappa shape index (κ3) is 3.30. The number of carboxylic acids is 1. The summed E-state index contributed by atoms with van der Waals surface area (Å²) in [6.45, 7) is 4.43. The molecule has 0 aliphatic carbocycles. The maximum atomic E-state index is 12.4. The Labute approximate surface area is 107 Å². The molecular formula is C12H17NO4S. The molecule has 0 saturated heterocycles. The molecule has 0 aromatic heterocycles. The van der Waals surface area contributed by atoms with Crippen molar-refractivity contribution in [2.45, 2.75) is 31.2 Å². The van der Waals surface area contributed by atoms with E-state index >= 15 is 0 Å². The highest BCUT2D eigenvalue weighted by atomic mass is 32.2. The molecule has 0 radical (unpaired) electrons. The monoisotopic (exact) mass is 271 g/mol. The number of nitrogens with zero attached hydrogens (tertiary/aromatic N) is 1. The number of benzene rings is 1. The summed E-state index contributed by atoms with van der Waals surface area (Å²) in [6.07, 6.45) is 0. The van der Waals surface area contributed by atoms with Crippen LogP contribution < -0.4 is 0 Å². The van der Waals surface area contributed by atoms with Crippen LogP contribution in [0.3, 0.4) is 0 Å². The van der Waals surface area contributed by atoms with Gasteiger partial charge in [-0.1, -0.05) is 18.2 Å². The van der Waals surface area contributed by atoms with Crippen molar-refractivity contribution in [3.8, 4) is 0 Å². The van der Waals surface area contributed by atoms with Gasteiger partial charge in [-0.2, -0.15) is 4.31 Å². The van der Waals surface area contributed by atoms with Gasteiger partial charge in [0.2, 0.25) is 10.0 Å². The van der Waals surface area contributed by atoms with E-state index in [1.165, 1.54) is 12.1 Å². The smallest absolute Gasteiger partial charge is 0.318 e. The van der Waals surface area contributed by atoms with Crippen molar-refractivity contribution in [1.29, 1.82) is 0 Å². The van der Waals surface area contributed by atoms with Crippen molar-refractivity contribution >= 4 is 16.0 Å². The maximum Gasteiger partial charge on any atom is 0.318 e. The molecule has 0 unspecified atom stereocenters. The zero-order valence-electron chi connectivity index (χ0n) is 10.6. The zero-order valence-corrected chi connectivity index (χ0v) is 11.4. The van der Waals surface area contributed by atoms with Crippen LogP contribution in [0.1, 0.15) is 20.8 Å². The van der Waals surface area contributed by atoms with Gasteiger partial charge >= 0.3 is 5.97 Å². The first-order chi connectivity index (χ1) is 8.15. The Hall–Kier alpha value is -1.40. The molecule has 1 N–H and O–H groups in total. The van der Waals surface area contributed by atoms with Crippen molar-refractivity contribution in [2.75, 3.05) is 6.54 Å². The Kier molecular flexibility index (Phi) is 4.13. The number of carboxylic acid groups (broad SMARTS) is 1. The molecule has 1 rings (SSSR count). The molecule has 0 bridgehead atoms. The number of aliphatic carboxylic acids is 1. The summed E-state index contributed by atoms with van der Waals surface area (Å²) in [5.74, 6) is -1.18. The molecule has 0 aliphatic rings. The quantitative estimate of drug-likeness (QED) is 0.901. The van der Waals surface area contributed by atoms with E-state index in [4.69, 9.17) is 5.11 Å². The van der Waals surface area contributed by atoms with Crippen LogP contribution in [0.4, 0.5) is 0 Å². The third-order valence-electron chi connectivity index (χ3n) is 2.36. The Balaban J connectivity index is 3.25. The van der Waals surface area contributed by atoms with Gasteiger partial charge in [-0.25, -0.2) is 8.42 Å². The molecule has 6 heteroatoms. The summed E-state index contributed by atoms with van der Waals surface area (Å²) in [6, 6.07) is 7.83. The maximum absolute atomic E-state index is 12.4. The lowest BCUT2D eigenvalue weighted by Gasteiger charge is -2.33. The number of hydrogen-bond acceptors (Lipinski definition) is 3. The van der Waals surface area contributed by atoms with Gasteiger partial charge in [-0.05, 0) is 32.9 Å². The number of carbonyl (C=O) groups is 1. The van der Waals surface area contributed by atoms with Gasteiger partial charge in [0.25, 0.3) is 0 Å². The van der Waals surface area contributed by atoms with E-state index in [1.54, 1.807) is 39.0 Å². The predicted octanol–water partition coefficient (Wildman–Crippen LogP) is 1.56. The molecule has 0 atom stereocenters. The molecule has 1 aromatic carbocycles. The fourth-order valence-corrected chi connectivity index (χ4v) is 3.28. The zero-order chi connectivity index (χ0) is 14.0. The lowest BCUT2D eigenvalue weighted by atomic mass is 10.1. The Morgan fingerprint density at radius 1 is 1.22 bits per heavy atom. The highest BCUT2D eigenvalue weighted by molar-refractivity contribution is 7.89. The standard InChI is InChI=1S/C12H17NO4S/c1-12(2,3)13(9-11(14)15)18(16,17)10-7-5-4-6-8-10/h4-8H,9H2,1-3H3,(H,14,15). The van der Waals surface area contributed by atoms with Crippen LogP contribution in [0.25, 0.3) is 0 Å². The van der Waals surface area contributed by atoms with E-state index in [-0.39, 0.29) is 4.90 Å². The molecule has 0 heterocycles. The first-order valence-electron chi connectivity index (χ1n) is 5.45. The first-order valence-corrected chi connectivity index (χ1v) is 6.89. The number of hydrogen-bond donors (Lipinski definition) is 1. The van der Waals surface area contributed by atoms with Crippen molar-refractivity contribution in [3.05, 3.63) is 30.3 Å². The topological polar surface area (TPSA) is 74.7 Å². The van der Waals surface area contributed by atoms with Gasteiger partial charge in [0.15, 0.2) is 0 Å². The molecule has 0 aliphatic heterocycles.